The van der Waals surface area contributed by atoms with Crippen molar-refractivity contribution in [1.29, 1.82) is 0 Å². The number of hydrogen-bond donors (Lipinski definition) is 2. The summed E-state index contributed by atoms with van der Waals surface area (Å²) in [4.78, 5) is 26.8. The summed E-state index contributed by atoms with van der Waals surface area (Å²) in [6, 6.07) is 2.06. The number of aliphatic carboxylic acids is 1. The maximum Gasteiger partial charge on any atom is 0.323 e. The molecule has 0 aromatic carbocycles. The molecule has 1 aliphatic rings. The maximum atomic E-state index is 12.3. The molecule has 1 aromatic heterocycles. The van der Waals surface area contributed by atoms with Crippen LogP contribution in [0.5, 0.6) is 0 Å². The Bertz CT molecular complexity index is 529. The molecule has 0 saturated carbocycles. The number of carbonyl (C=O) groups excluding carboxylic acids is 1. The minimum Gasteiger partial charge on any atom is -0.480 e. The molecule has 116 valence electrons. The molecule has 5 nitrogen and oxygen atoms in total. The Balaban J connectivity index is 1.92. The summed E-state index contributed by atoms with van der Waals surface area (Å²) >= 11 is 1.74. The zero-order valence-corrected chi connectivity index (χ0v) is 13.3. The molecule has 0 saturated heterocycles. The number of rotatable bonds is 6. The largest absolute Gasteiger partial charge is 0.480 e. The summed E-state index contributed by atoms with van der Waals surface area (Å²) in [7, 11) is 0. The highest BCUT2D eigenvalue weighted by atomic mass is 32.1. The Morgan fingerprint density at radius 1 is 1.52 bits per heavy atom. The van der Waals surface area contributed by atoms with Gasteiger partial charge in [0.2, 0.25) is 5.91 Å². The van der Waals surface area contributed by atoms with Crippen LogP contribution >= 0.6 is 11.3 Å². The van der Waals surface area contributed by atoms with Crippen LogP contribution in [-0.2, 0) is 22.6 Å². The second-order valence-electron chi connectivity index (χ2n) is 5.68. The highest BCUT2D eigenvalue weighted by Crippen LogP contribution is 2.24. The number of nitrogens with zero attached hydrogens (tertiary/aromatic N) is 1. The van der Waals surface area contributed by atoms with Crippen LogP contribution in [-0.4, -0.2) is 40.5 Å². The van der Waals surface area contributed by atoms with E-state index in [0.717, 1.165) is 12.8 Å². The molecule has 0 fully saturated rings. The topological polar surface area (TPSA) is 69.6 Å². The highest BCUT2D eigenvalue weighted by Gasteiger charge is 2.33. The van der Waals surface area contributed by atoms with E-state index in [-0.39, 0.29) is 12.5 Å². The van der Waals surface area contributed by atoms with Crippen molar-refractivity contribution in [3.05, 3.63) is 21.9 Å². The summed E-state index contributed by atoms with van der Waals surface area (Å²) in [5.74, 6) is -0.939. The van der Waals surface area contributed by atoms with Crippen molar-refractivity contribution in [2.24, 2.45) is 0 Å². The summed E-state index contributed by atoms with van der Waals surface area (Å²) in [5, 5.41) is 14.3. The lowest BCUT2D eigenvalue weighted by Crippen LogP contribution is -2.53. The van der Waals surface area contributed by atoms with Gasteiger partial charge in [-0.1, -0.05) is 13.3 Å². The van der Waals surface area contributed by atoms with Crippen molar-refractivity contribution in [2.75, 3.05) is 13.1 Å². The SMILES string of the molecule is CCCC(C)(NCC(=O)N1CCc2sccc2C1)C(=O)O. The standard InChI is InChI=1S/C15H22N2O3S/c1-3-6-15(2,14(19)20)16-9-13(18)17-7-4-12-11(10-17)5-8-21-12/h5,8,16H,3-4,6-7,9-10H2,1-2H3,(H,19,20). The minimum atomic E-state index is -1.03. The monoisotopic (exact) mass is 310 g/mol. The number of carboxylic acids is 1. The Hall–Kier alpha value is -1.40. The van der Waals surface area contributed by atoms with E-state index in [1.54, 1.807) is 23.2 Å². The van der Waals surface area contributed by atoms with E-state index in [2.05, 4.69) is 16.8 Å². The molecule has 2 rings (SSSR count). The fraction of sp³-hybridized carbons (Fsp3) is 0.600. The number of hydrogen-bond acceptors (Lipinski definition) is 4. The summed E-state index contributed by atoms with van der Waals surface area (Å²) in [6.45, 7) is 5.00. The van der Waals surface area contributed by atoms with Crippen LogP contribution in [0.25, 0.3) is 0 Å². The molecule has 1 unspecified atom stereocenters. The lowest BCUT2D eigenvalue weighted by atomic mass is 9.96. The first kappa shape index (κ1) is 16.0. The average molecular weight is 310 g/mol. The molecule has 2 heterocycles. The molecule has 0 spiro atoms. The van der Waals surface area contributed by atoms with E-state index < -0.39 is 11.5 Å². The second-order valence-corrected chi connectivity index (χ2v) is 6.68. The van der Waals surface area contributed by atoms with E-state index in [9.17, 15) is 14.7 Å². The number of thiophene rings is 1. The van der Waals surface area contributed by atoms with Gasteiger partial charge in [-0.05, 0) is 36.8 Å². The predicted octanol–water partition coefficient (Wildman–Crippen LogP) is 1.87. The maximum absolute atomic E-state index is 12.3. The molecule has 1 aliphatic heterocycles. The first-order valence-electron chi connectivity index (χ1n) is 7.27. The van der Waals surface area contributed by atoms with E-state index in [1.807, 2.05) is 6.92 Å². The smallest absolute Gasteiger partial charge is 0.323 e. The van der Waals surface area contributed by atoms with Crippen LogP contribution in [0.4, 0.5) is 0 Å². The van der Waals surface area contributed by atoms with Crippen LogP contribution in [0.15, 0.2) is 11.4 Å². The van der Waals surface area contributed by atoms with Gasteiger partial charge in [0, 0.05) is 18.0 Å². The van der Waals surface area contributed by atoms with Crippen LogP contribution in [0.3, 0.4) is 0 Å². The predicted molar refractivity (Wildman–Crippen MR) is 82.4 cm³/mol. The van der Waals surface area contributed by atoms with Crippen molar-refractivity contribution < 1.29 is 14.7 Å². The summed E-state index contributed by atoms with van der Waals surface area (Å²) in [6.07, 6.45) is 2.15. The fourth-order valence-electron chi connectivity index (χ4n) is 2.61. The van der Waals surface area contributed by atoms with E-state index in [0.29, 0.717) is 19.5 Å². The lowest BCUT2D eigenvalue weighted by Gasteiger charge is -2.30. The Labute approximate surface area is 129 Å². The van der Waals surface area contributed by atoms with Gasteiger partial charge in [0.05, 0.1) is 6.54 Å². The molecule has 0 aliphatic carbocycles. The highest BCUT2D eigenvalue weighted by molar-refractivity contribution is 7.10. The van der Waals surface area contributed by atoms with E-state index in [4.69, 9.17) is 0 Å². The molecular formula is C15H22N2O3S. The number of fused-ring (bicyclic) bond motifs is 1. The van der Waals surface area contributed by atoms with Crippen molar-refractivity contribution in [1.82, 2.24) is 10.2 Å². The number of carbonyl (C=O) groups is 2. The van der Waals surface area contributed by atoms with Gasteiger partial charge in [-0.3, -0.25) is 14.9 Å². The first-order valence-corrected chi connectivity index (χ1v) is 8.15. The molecule has 1 atom stereocenters. The third kappa shape index (κ3) is 3.63. The van der Waals surface area contributed by atoms with Gasteiger partial charge in [-0.25, -0.2) is 0 Å². The summed E-state index contributed by atoms with van der Waals surface area (Å²) < 4.78 is 0. The van der Waals surface area contributed by atoms with Gasteiger partial charge in [0.25, 0.3) is 0 Å². The van der Waals surface area contributed by atoms with Gasteiger partial charge in [0.1, 0.15) is 5.54 Å². The van der Waals surface area contributed by atoms with E-state index in [1.165, 1.54) is 10.4 Å². The molecular weight excluding hydrogens is 288 g/mol. The molecule has 1 amide bonds. The zero-order chi connectivity index (χ0) is 15.5. The average Bonchev–Trinajstić information content (AvgIpc) is 2.92. The van der Waals surface area contributed by atoms with Gasteiger partial charge in [0.15, 0.2) is 0 Å². The number of amides is 1. The Morgan fingerprint density at radius 3 is 2.95 bits per heavy atom. The molecule has 21 heavy (non-hydrogen) atoms. The zero-order valence-electron chi connectivity index (χ0n) is 12.5. The third-order valence-electron chi connectivity index (χ3n) is 4.01. The quantitative estimate of drug-likeness (QED) is 0.841. The number of nitrogens with one attached hydrogen (secondary N) is 1. The fourth-order valence-corrected chi connectivity index (χ4v) is 3.50. The van der Waals surface area contributed by atoms with Crippen molar-refractivity contribution in [3.8, 4) is 0 Å². The van der Waals surface area contributed by atoms with Crippen LogP contribution in [0.2, 0.25) is 0 Å². The van der Waals surface area contributed by atoms with Crippen LogP contribution in [0, 0.1) is 0 Å². The molecule has 2 N–H and O–H groups in total. The third-order valence-corrected chi connectivity index (χ3v) is 5.04. The molecule has 0 radical (unpaired) electrons. The van der Waals surface area contributed by atoms with Crippen LogP contribution in [0.1, 0.15) is 37.1 Å². The Kier molecular flexibility index (Phi) is 5.00. The van der Waals surface area contributed by atoms with Crippen molar-refractivity contribution in [2.45, 2.75) is 45.2 Å². The Morgan fingerprint density at radius 2 is 2.29 bits per heavy atom. The minimum absolute atomic E-state index is 0.0320. The van der Waals surface area contributed by atoms with Crippen LogP contribution < -0.4 is 5.32 Å². The summed E-state index contributed by atoms with van der Waals surface area (Å²) in [5.41, 5.74) is 0.183. The van der Waals surface area contributed by atoms with Gasteiger partial charge < -0.3 is 10.0 Å². The molecule has 1 aromatic rings. The molecule has 6 heteroatoms. The number of carboxylic acid groups (broad SMARTS) is 1. The second kappa shape index (κ2) is 6.58. The van der Waals surface area contributed by atoms with Crippen molar-refractivity contribution >= 4 is 23.2 Å². The van der Waals surface area contributed by atoms with Gasteiger partial charge in [-0.15, -0.1) is 11.3 Å². The van der Waals surface area contributed by atoms with Gasteiger partial charge >= 0.3 is 5.97 Å². The normalized spacial score (nSPS) is 17.1. The first-order chi connectivity index (χ1) is 9.96. The van der Waals surface area contributed by atoms with E-state index >= 15 is 0 Å². The molecule has 0 bridgehead atoms. The van der Waals surface area contributed by atoms with Gasteiger partial charge in [-0.2, -0.15) is 0 Å². The van der Waals surface area contributed by atoms with Crippen molar-refractivity contribution in [3.63, 3.8) is 0 Å². The lowest BCUT2D eigenvalue weighted by molar-refractivity contribution is -0.145.